The molecule has 3 heterocycles. The van der Waals surface area contributed by atoms with Gasteiger partial charge in [-0.1, -0.05) is 23.5 Å². The van der Waals surface area contributed by atoms with Gasteiger partial charge in [-0.25, -0.2) is 0 Å². The predicted octanol–water partition coefficient (Wildman–Crippen LogP) is 3.92. The average Bonchev–Trinajstić information content (AvgIpc) is 3.40. The van der Waals surface area contributed by atoms with Crippen LogP contribution in [0.15, 0.2) is 45.8 Å². The molecular formula is C24H22N2O7S. The van der Waals surface area contributed by atoms with Crippen molar-refractivity contribution >= 4 is 44.4 Å². The number of hydrogen-bond acceptors (Lipinski definition) is 8. The number of fused-ring (bicyclic) bond motifs is 3. The third kappa shape index (κ3) is 4.12. The normalized spacial score (nSPS) is 13.4. The Morgan fingerprint density at radius 1 is 1.09 bits per heavy atom. The predicted molar refractivity (Wildman–Crippen MR) is 125 cm³/mol. The van der Waals surface area contributed by atoms with Gasteiger partial charge in [-0.2, -0.15) is 4.99 Å². The number of hydrogen-bond donors (Lipinski definition) is 0. The van der Waals surface area contributed by atoms with E-state index in [1.165, 1.54) is 11.3 Å². The molecule has 1 amide bonds. The van der Waals surface area contributed by atoms with Gasteiger partial charge in [0.15, 0.2) is 33.4 Å². The van der Waals surface area contributed by atoms with Gasteiger partial charge in [0.1, 0.15) is 19.8 Å². The number of esters is 1. The van der Waals surface area contributed by atoms with E-state index in [9.17, 15) is 9.59 Å². The van der Waals surface area contributed by atoms with E-state index in [2.05, 4.69) is 4.99 Å². The first-order valence-corrected chi connectivity index (χ1v) is 11.7. The van der Waals surface area contributed by atoms with Gasteiger partial charge >= 0.3 is 11.9 Å². The summed E-state index contributed by atoms with van der Waals surface area (Å²) in [5.41, 5.74) is 1.18. The fourth-order valence-corrected chi connectivity index (χ4v) is 4.77. The first-order chi connectivity index (χ1) is 16.6. The summed E-state index contributed by atoms with van der Waals surface area (Å²) in [7, 11) is 0. The van der Waals surface area contributed by atoms with Crippen molar-refractivity contribution in [3.05, 3.63) is 47.0 Å². The number of carbonyl (C=O) groups excluding carboxylic acids is 2. The van der Waals surface area contributed by atoms with Gasteiger partial charge in [0, 0.05) is 17.5 Å². The Bertz CT molecular complexity index is 1460. The molecule has 176 valence electrons. The van der Waals surface area contributed by atoms with E-state index in [4.69, 9.17) is 23.4 Å². The Hall–Kier alpha value is -3.79. The van der Waals surface area contributed by atoms with E-state index in [0.29, 0.717) is 53.0 Å². The van der Waals surface area contributed by atoms with Crippen molar-refractivity contribution in [3.8, 4) is 17.2 Å². The highest BCUT2D eigenvalue weighted by atomic mass is 32.1. The van der Waals surface area contributed by atoms with Crippen LogP contribution in [0, 0.1) is 0 Å². The van der Waals surface area contributed by atoms with E-state index in [0.717, 1.165) is 10.1 Å². The minimum atomic E-state index is -0.569. The molecule has 0 atom stereocenters. The summed E-state index contributed by atoms with van der Waals surface area (Å²) in [6, 6.07) is 10.7. The van der Waals surface area contributed by atoms with Gasteiger partial charge in [-0.3, -0.25) is 9.59 Å². The number of benzene rings is 2. The van der Waals surface area contributed by atoms with E-state index in [-0.39, 0.29) is 18.9 Å². The molecule has 0 spiro atoms. The van der Waals surface area contributed by atoms with Gasteiger partial charge in [0.05, 0.1) is 23.4 Å². The maximum Gasteiger partial charge on any atom is 0.326 e. The highest BCUT2D eigenvalue weighted by Gasteiger charge is 2.20. The Morgan fingerprint density at radius 3 is 2.65 bits per heavy atom. The van der Waals surface area contributed by atoms with Crippen molar-refractivity contribution in [2.24, 2.45) is 4.99 Å². The van der Waals surface area contributed by atoms with Gasteiger partial charge in [-0.05, 0) is 26.0 Å². The van der Waals surface area contributed by atoms with Crippen LogP contribution < -0.4 is 19.0 Å². The molecular weight excluding hydrogens is 460 g/mol. The van der Waals surface area contributed by atoms with E-state index >= 15 is 0 Å². The number of ether oxygens (including phenoxy) is 4. The SMILES string of the molecule is CCOC(=O)Cn1c(=NC(=O)c2cc3cccc(OCC)c3o2)sc2cc3c(cc21)OCCO3. The molecule has 0 unspecified atom stereocenters. The molecule has 4 aromatic rings. The Labute approximate surface area is 198 Å². The summed E-state index contributed by atoms with van der Waals surface area (Å²) >= 11 is 1.26. The lowest BCUT2D eigenvalue weighted by Gasteiger charge is -2.18. The molecule has 0 bridgehead atoms. The van der Waals surface area contributed by atoms with Crippen LogP contribution in [-0.2, 0) is 16.1 Å². The molecule has 1 aliphatic heterocycles. The molecule has 2 aromatic heterocycles. The maximum absolute atomic E-state index is 13.1. The van der Waals surface area contributed by atoms with Crippen molar-refractivity contribution in [1.82, 2.24) is 4.57 Å². The van der Waals surface area contributed by atoms with Gasteiger partial charge in [0.25, 0.3) is 0 Å². The molecule has 0 saturated heterocycles. The van der Waals surface area contributed by atoms with Gasteiger partial charge in [0.2, 0.25) is 0 Å². The zero-order chi connectivity index (χ0) is 23.7. The minimum Gasteiger partial charge on any atom is -0.490 e. The lowest BCUT2D eigenvalue weighted by Crippen LogP contribution is -2.23. The molecule has 2 aromatic carbocycles. The van der Waals surface area contributed by atoms with Crippen LogP contribution in [0.2, 0.25) is 0 Å². The number of amides is 1. The van der Waals surface area contributed by atoms with Crippen LogP contribution in [0.25, 0.3) is 21.2 Å². The van der Waals surface area contributed by atoms with Crippen LogP contribution in [-0.4, -0.2) is 42.9 Å². The van der Waals surface area contributed by atoms with Crippen molar-refractivity contribution in [2.75, 3.05) is 26.4 Å². The largest absolute Gasteiger partial charge is 0.490 e. The summed E-state index contributed by atoms with van der Waals surface area (Å²) in [6.07, 6.45) is 0. The topological polar surface area (TPSA) is 101 Å². The lowest BCUT2D eigenvalue weighted by atomic mass is 10.2. The van der Waals surface area contributed by atoms with Crippen molar-refractivity contribution < 1.29 is 33.0 Å². The van der Waals surface area contributed by atoms with Gasteiger partial charge in [-0.15, -0.1) is 0 Å². The molecule has 10 heteroatoms. The molecule has 0 radical (unpaired) electrons. The highest BCUT2D eigenvalue weighted by Crippen LogP contribution is 2.35. The lowest BCUT2D eigenvalue weighted by molar-refractivity contribution is -0.143. The maximum atomic E-state index is 13.1. The second kappa shape index (κ2) is 9.22. The molecule has 0 saturated carbocycles. The summed E-state index contributed by atoms with van der Waals surface area (Å²) in [5.74, 6) is 0.822. The summed E-state index contributed by atoms with van der Waals surface area (Å²) < 4.78 is 30.3. The molecule has 0 aliphatic carbocycles. The van der Waals surface area contributed by atoms with Crippen LogP contribution in [0.1, 0.15) is 24.4 Å². The van der Waals surface area contributed by atoms with Crippen LogP contribution >= 0.6 is 11.3 Å². The zero-order valence-electron chi connectivity index (χ0n) is 18.7. The average molecular weight is 483 g/mol. The summed E-state index contributed by atoms with van der Waals surface area (Å²) in [4.78, 5) is 30.0. The van der Waals surface area contributed by atoms with Gasteiger partial charge < -0.3 is 27.9 Å². The second-order valence-electron chi connectivity index (χ2n) is 7.37. The number of aromatic nitrogens is 1. The summed E-state index contributed by atoms with van der Waals surface area (Å²) in [5, 5.41) is 0.738. The second-order valence-corrected chi connectivity index (χ2v) is 8.38. The van der Waals surface area contributed by atoms with E-state index < -0.39 is 11.9 Å². The van der Waals surface area contributed by atoms with E-state index in [1.807, 2.05) is 25.1 Å². The quantitative estimate of drug-likeness (QED) is 0.384. The van der Waals surface area contributed by atoms with Crippen molar-refractivity contribution in [2.45, 2.75) is 20.4 Å². The number of furan rings is 1. The van der Waals surface area contributed by atoms with Crippen molar-refractivity contribution in [1.29, 1.82) is 0 Å². The third-order valence-electron chi connectivity index (χ3n) is 5.16. The number of para-hydroxylation sites is 1. The van der Waals surface area contributed by atoms with Crippen LogP contribution in [0.4, 0.5) is 0 Å². The van der Waals surface area contributed by atoms with E-state index in [1.54, 1.807) is 29.7 Å². The molecule has 34 heavy (non-hydrogen) atoms. The molecule has 0 N–H and O–H groups in total. The number of thiazole rings is 1. The van der Waals surface area contributed by atoms with Crippen LogP contribution in [0.5, 0.6) is 17.2 Å². The molecule has 5 rings (SSSR count). The van der Waals surface area contributed by atoms with Crippen LogP contribution in [0.3, 0.4) is 0 Å². The Morgan fingerprint density at radius 2 is 1.88 bits per heavy atom. The smallest absolute Gasteiger partial charge is 0.326 e. The standard InChI is InChI=1S/C24H22N2O7S/c1-3-29-16-7-5-6-14-10-19(33-22(14)16)23(28)25-24-26(13-21(27)30-4-2)15-11-17-18(12-20(15)34-24)32-9-8-31-17/h5-7,10-12H,3-4,8-9,13H2,1-2H3. The highest BCUT2D eigenvalue weighted by molar-refractivity contribution is 7.16. The molecule has 1 aliphatic rings. The first kappa shape index (κ1) is 22.0. The monoisotopic (exact) mass is 482 g/mol. The number of rotatable bonds is 6. The number of carbonyl (C=O) groups is 2. The molecule has 9 nitrogen and oxygen atoms in total. The minimum absolute atomic E-state index is 0.0771. The third-order valence-corrected chi connectivity index (χ3v) is 6.20. The Kier molecular flexibility index (Phi) is 5.97. The molecule has 0 fully saturated rings. The number of nitrogens with zero attached hydrogens (tertiary/aromatic N) is 2. The van der Waals surface area contributed by atoms with Crippen molar-refractivity contribution in [3.63, 3.8) is 0 Å². The zero-order valence-corrected chi connectivity index (χ0v) is 19.5. The summed E-state index contributed by atoms with van der Waals surface area (Å²) in [6.45, 7) is 5.13. The fraction of sp³-hybridized carbons (Fsp3) is 0.292. The fourth-order valence-electron chi connectivity index (χ4n) is 3.73. The Balaban J connectivity index is 1.60. The first-order valence-electron chi connectivity index (χ1n) is 10.9.